The van der Waals surface area contributed by atoms with E-state index in [4.69, 9.17) is 32.7 Å². The number of methoxy groups -OCH3 is 2. The molecule has 0 bridgehead atoms. The fourth-order valence-corrected chi connectivity index (χ4v) is 4.28. The van der Waals surface area contributed by atoms with E-state index in [9.17, 15) is 9.59 Å². The zero-order valence-corrected chi connectivity index (χ0v) is 20.1. The monoisotopic (exact) mass is 478 g/mol. The van der Waals surface area contributed by atoms with E-state index in [2.05, 4.69) is 5.32 Å². The summed E-state index contributed by atoms with van der Waals surface area (Å²) in [5.41, 5.74) is 1.61. The normalized spacial score (nSPS) is 14.6. The van der Waals surface area contributed by atoms with Crippen LogP contribution in [-0.2, 0) is 11.2 Å². The Morgan fingerprint density at radius 3 is 2.31 bits per heavy atom. The molecule has 1 unspecified atom stereocenters. The van der Waals surface area contributed by atoms with Gasteiger partial charge in [0.2, 0.25) is 5.91 Å². The SMILES string of the molecule is COc1cc(NC(=O)C(C)Cc2ccc(Cl)cc2Cl)c(C(=O)N2CCCCC2)cc1OC. The number of hydrogen-bond donors (Lipinski definition) is 1. The lowest BCUT2D eigenvalue weighted by Gasteiger charge is -2.28. The summed E-state index contributed by atoms with van der Waals surface area (Å²) in [6.45, 7) is 3.21. The highest BCUT2D eigenvalue weighted by Gasteiger charge is 2.25. The number of likely N-dealkylation sites (tertiary alicyclic amines) is 1. The van der Waals surface area contributed by atoms with Crippen molar-refractivity contribution in [1.82, 2.24) is 4.90 Å². The first kappa shape index (κ1) is 24.2. The molecule has 0 aromatic heterocycles. The van der Waals surface area contributed by atoms with Crippen LogP contribution in [0.5, 0.6) is 11.5 Å². The van der Waals surface area contributed by atoms with E-state index in [0.717, 1.165) is 24.8 Å². The topological polar surface area (TPSA) is 67.9 Å². The number of nitrogens with zero attached hydrogens (tertiary/aromatic N) is 1. The molecule has 1 atom stereocenters. The van der Waals surface area contributed by atoms with E-state index in [0.29, 0.717) is 52.3 Å². The Morgan fingerprint density at radius 2 is 1.69 bits per heavy atom. The van der Waals surface area contributed by atoms with E-state index < -0.39 is 0 Å². The second-order valence-electron chi connectivity index (χ2n) is 7.94. The van der Waals surface area contributed by atoms with E-state index in [1.54, 1.807) is 24.3 Å². The number of benzene rings is 2. The van der Waals surface area contributed by atoms with Gasteiger partial charge in [0, 0.05) is 35.1 Å². The third kappa shape index (κ3) is 5.67. The van der Waals surface area contributed by atoms with Crippen molar-refractivity contribution in [3.63, 3.8) is 0 Å². The third-order valence-electron chi connectivity index (χ3n) is 5.64. The van der Waals surface area contributed by atoms with Gasteiger partial charge < -0.3 is 19.7 Å². The highest BCUT2D eigenvalue weighted by molar-refractivity contribution is 6.35. The lowest BCUT2D eigenvalue weighted by atomic mass is 9.99. The maximum atomic E-state index is 13.3. The first-order valence-corrected chi connectivity index (χ1v) is 11.4. The largest absolute Gasteiger partial charge is 0.493 e. The zero-order chi connectivity index (χ0) is 23.3. The Morgan fingerprint density at radius 1 is 1.03 bits per heavy atom. The van der Waals surface area contributed by atoms with Gasteiger partial charge in [-0.25, -0.2) is 0 Å². The van der Waals surface area contributed by atoms with Crippen LogP contribution in [0, 0.1) is 5.92 Å². The Bertz CT molecular complexity index is 990. The van der Waals surface area contributed by atoms with Gasteiger partial charge in [0.1, 0.15) is 0 Å². The molecule has 8 heteroatoms. The maximum Gasteiger partial charge on any atom is 0.256 e. The third-order valence-corrected chi connectivity index (χ3v) is 6.23. The van der Waals surface area contributed by atoms with Crippen LogP contribution in [-0.4, -0.2) is 44.0 Å². The number of rotatable bonds is 7. The van der Waals surface area contributed by atoms with Gasteiger partial charge in [-0.1, -0.05) is 36.2 Å². The molecule has 2 aromatic rings. The van der Waals surface area contributed by atoms with Crippen molar-refractivity contribution >= 4 is 40.7 Å². The van der Waals surface area contributed by atoms with Crippen LogP contribution < -0.4 is 14.8 Å². The molecule has 0 radical (unpaired) electrons. The number of nitrogens with one attached hydrogen (secondary N) is 1. The van der Waals surface area contributed by atoms with Gasteiger partial charge in [0.15, 0.2) is 11.5 Å². The first-order valence-electron chi connectivity index (χ1n) is 10.6. The smallest absolute Gasteiger partial charge is 0.256 e. The number of amides is 2. The summed E-state index contributed by atoms with van der Waals surface area (Å²) >= 11 is 12.2. The van der Waals surface area contributed by atoms with Crippen LogP contribution in [0.25, 0.3) is 0 Å². The van der Waals surface area contributed by atoms with Gasteiger partial charge in [-0.3, -0.25) is 9.59 Å². The minimum Gasteiger partial charge on any atom is -0.493 e. The van der Waals surface area contributed by atoms with Crippen molar-refractivity contribution in [2.24, 2.45) is 5.92 Å². The van der Waals surface area contributed by atoms with E-state index in [1.165, 1.54) is 14.2 Å². The molecule has 32 heavy (non-hydrogen) atoms. The van der Waals surface area contributed by atoms with E-state index in [-0.39, 0.29) is 17.7 Å². The van der Waals surface area contributed by atoms with Gasteiger partial charge >= 0.3 is 0 Å². The predicted octanol–water partition coefficient (Wildman–Crippen LogP) is 5.45. The molecule has 0 saturated carbocycles. The fraction of sp³-hybridized carbons (Fsp3) is 0.417. The average Bonchev–Trinajstić information content (AvgIpc) is 2.80. The van der Waals surface area contributed by atoms with Crippen LogP contribution >= 0.6 is 23.2 Å². The van der Waals surface area contributed by atoms with Crippen molar-refractivity contribution in [2.45, 2.75) is 32.6 Å². The molecule has 1 heterocycles. The predicted molar refractivity (Wildman–Crippen MR) is 127 cm³/mol. The number of anilines is 1. The second kappa shape index (κ2) is 10.9. The molecule has 1 N–H and O–H groups in total. The number of ether oxygens (including phenoxy) is 2. The molecule has 1 aliphatic rings. The molecular formula is C24H28Cl2N2O4. The van der Waals surface area contributed by atoms with Crippen LogP contribution in [0.15, 0.2) is 30.3 Å². The number of carbonyl (C=O) groups is 2. The van der Waals surface area contributed by atoms with E-state index in [1.807, 2.05) is 17.9 Å². The molecule has 1 saturated heterocycles. The highest BCUT2D eigenvalue weighted by Crippen LogP contribution is 2.35. The molecule has 0 spiro atoms. The highest BCUT2D eigenvalue weighted by atomic mass is 35.5. The van der Waals surface area contributed by atoms with Crippen LogP contribution in [0.1, 0.15) is 42.1 Å². The Hall–Kier alpha value is -2.44. The van der Waals surface area contributed by atoms with Gasteiger partial charge in [0.25, 0.3) is 5.91 Å². The Kier molecular flexibility index (Phi) is 8.26. The summed E-state index contributed by atoms with van der Waals surface area (Å²) in [5.74, 6) is 0.128. The lowest BCUT2D eigenvalue weighted by molar-refractivity contribution is -0.119. The van der Waals surface area contributed by atoms with E-state index >= 15 is 0 Å². The second-order valence-corrected chi connectivity index (χ2v) is 8.78. The van der Waals surface area contributed by atoms with Crippen molar-refractivity contribution in [2.75, 3.05) is 32.6 Å². The van der Waals surface area contributed by atoms with Crippen LogP contribution in [0.4, 0.5) is 5.69 Å². The van der Waals surface area contributed by atoms with Crippen molar-refractivity contribution in [3.8, 4) is 11.5 Å². The summed E-state index contributed by atoms with van der Waals surface area (Å²) in [6, 6.07) is 8.49. The molecule has 2 aromatic carbocycles. The Labute approximate surface area is 198 Å². The molecular weight excluding hydrogens is 451 g/mol. The number of hydrogen-bond acceptors (Lipinski definition) is 4. The van der Waals surface area contributed by atoms with Crippen molar-refractivity contribution < 1.29 is 19.1 Å². The van der Waals surface area contributed by atoms with Gasteiger partial charge in [0.05, 0.1) is 25.5 Å². The van der Waals surface area contributed by atoms with Crippen LogP contribution in [0.2, 0.25) is 10.0 Å². The number of halogens is 2. The average molecular weight is 479 g/mol. The van der Waals surface area contributed by atoms with Gasteiger partial charge in [-0.05, 0) is 49.4 Å². The molecule has 1 fully saturated rings. The van der Waals surface area contributed by atoms with Gasteiger partial charge in [-0.2, -0.15) is 0 Å². The lowest BCUT2D eigenvalue weighted by Crippen LogP contribution is -2.36. The molecule has 0 aliphatic carbocycles. The standard InChI is InChI=1S/C24H28Cl2N2O4/c1-15(11-16-7-8-17(25)12-19(16)26)23(29)27-20-14-22(32-3)21(31-2)13-18(20)24(30)28-9-5-4-6-10-28/h7-8,12-15H,4-6,9-11H2,1-3H3,(H,27,29). The van der Waals surface area contributed by atoms with Crippen molar-refractivity contribution in [1.29, 1.82) is 0 Å². The molecule has 3 rings (SSSR count). The molecule has 6 nitrogen and oxygen atoms in total. The Balaban J connectivity index is 1.85. The number of piperidine rings is 1. The minimum atomic E-state index is -0.389. The van der Waals surface area contributed by atoms with Crippen LogP contribution in [0.3, 0.4) is 0 Å². The molecule has 172 valence electrons. The summed E-state index contributed by atoms with van der Waals surface area (Å²) in [4.78, 5) is 28.1. The van der Waals surface area contributed by atoms with Crippen molar-refractivity contribution in [3.05, 3.63) is 51.5 Å². The first-order chi connectivity index (χ1) is 15.3. The maximum absolute atomic E-state index is 13.3. The fourth-order valence-electron chi connectivity index (χ4n) is 3.79. The molecule has 2 amide bonds. The quantitative estimate of drug-likeness (QED) is 0.573. The number of carbonyl (C=O) groups excluding carboxylic acids is 2. The minimum absolute atomic E-state index is 0.130. The summed E-state index contributed by atoms with van der Waals surface area (Å²) < 4.78 is 10.8. The summed E-state index contributed by atoms with van der Waals surface area (Å²) in [5, 5.41) is 3.98. The summed E-state index contributed by atoms with van der Waals surface area (Å²) in [7, 11) is 3.03. The zero-order valence-electron chi connectivity index (χ0n) is 18.5. The molecule has 1 aliphatic heterocycles. The summed E-state index contributed by atoms with van der Waals surface area (Å²) in [6.07, 6.45) is 3.49. The van der Waals surface area contributed by atoms with Gasteiger partial charge in [-0.15, -0.1) is 0 Å².